The lowest BCUT2D eigenvalue weighted by Gasteiger charge is -2.58. The Morgan fingerprint density at radius 1 is 1.00 bits per heavy atom. The predicted molar refractivity (Wildman–Crippen MR) is 211 cm³/mol. The van der Waals surface area contributed by atoms with Gasteiger partial charge in [0.15, 0.2) is 0 Å². The number of oxime groups is 1. The highest BCUT2D eigenvalue weighted by molar-refractivity contribution is 6.03. The number of para-hydroxylation sites is 1. The number of fused-ring (bicyclic) bond motifs is 3. The number of ether oxygens (including phenoxy) is 1. The maximum atomic E-state index is 14.4. The van der Waals surface area contributed by atoms with Gasteiger partial charge >= 0.3 is 6.03 Å². The predicted octanol–water partition coefficient (Wildman–Crippen LogP) is 7.12. The highest BCUT2D eigenvalue weighted by Crippen LogP contribution is 2.60. The highest BCUT2D eigenvalue weighted by atomic mass is 16.6. The van der Waals surface area contributed by atoms with Gasteiger partial charge < -0.3 is 45.2 Å². The van der Waals surface area contributed by atoms with Crippen LogP contribution in [0.1, 0.15) is 81.0 Å². The minimum absolute atomic E-state index is 0.00988. The molecule has 1 saturated carbocycles. The number of unbranched alkanes of at least 4 members (excludes halogenated alkanes) is 2. The molecule has 2 heterocycles. The number of phenols is 1. The monoisotopic (exact) mass is 750 g/mol. The molecule has 1 aromatic heterocycles. The van der Waals surface area contributed by atoms with Crippen molar-refractivity contribution in [2.24, 2.45) is 22.9 Å². The summed E-state index contributed by atoms with van der Waals surface area (Å²) in [5.74, 6) is -2.15. The standard InChI is InChI=1S/C44H54N4O7/c1-2-20-48(43(52)45-27-32-23-31-15-6-7-17-37(31)46-32)40-26-38(47-54-28-29-12-4-3-5-13-29)35-24-30(14-8-10-21-49)34(16-9-11-22-50)41-36-25-33(51)18-19-39(36)55-44(40,53)42(35)41/h3-7,12-13,15,17-19,23-25,30,34,40-42,46,49-51,53H,2,8-11,14,16,20-22,26-28H2,1H3,(H,45,52). The number of carbonyl (C=O) groups excluding carboxylic acids is 1. The SMILES string of the molecule is CCCN(C(=O)NCc1cc2ccccc2[nH]1)C1CC(=NOCc2ccccc2)C2=CC(CCCCO)C(CCCCO)C3c4cc(O)ccc4OC1(O)C23. The van der Waals surface area contributed by atoms with Crippen LogP contribution in [-0.2, 0) is 18.0 Å². The second-order valence-corrected chi connectivity index (χ2v) is 15.2. The van der Waals surface area contributed by atoms with Gasteiger partial charge in [0.25, 0.3) is 0 Å². The van der Waals surface area contributed by atoms with Gasteiger partial charge in [-0.25, -0.2) is 4.79 Å². The van der Waals surface area contributed by atoms with Gasteiger partial charge in [-0.1, -0.05) is 79.5 Å². The molecule has 4 aromatic rings. The second kappa shape index (κ2) is 17.3. The summed E-state index contributed by atoms with van der Waals surface area (Å²) in [7, 11) is 0. The van der Waals surface area contributed by atoms with E-state index in [-0.39, 0.29) is 62.3 Å². The average molecular weight is 751 g/mol. The highest BCUT2D eigenvalue weighted by Gasteiger charge is 2.64. The zero-order valence-electron chi connectivity index (χ0n) is 31.6. The van der Waals surface area contributed by atoms with Crippen LogP contribution in [0.2, 0.25) is 0 Å². The van der Waals surface area contributed by atoms with Gasteiger partial charge in [0.2, 0.25) is 5.79 Å². The summed E-state index contributed by atoms with van der Waals surface area (Å²) < 4.78 is 6.74. The van der Waals surface area contributed by atoms with Crippen LogP contribution in [0.25, 0.3) is 10.9 Å². The number of allylic oxidation sites excluding steroid dienone is 1. The molecule has 1 aliphatic heterocycles. The van der Waals surface area contributed by atoms with Crippen LogP contribution in [0, 0.1) is 17.8 Å². The minimum atomic E-state index is -1.85. The number of amides is 2. The number of aromatic amines is 1. The van der Waals surface area contributed by atoms with E-state index in [1.165, 1.54) is 0 Å². The van der Waals surface area contributed by atoms with Crippen LogP contribution in [0.4, 0.5) is 4.79 Å². The van der Waals surface area contributed by atoms with Crippen molar-refractivity contribution in [2.45, 2.75) is 89.2 Å². The van der Waals surface area contributed by atoms with Crippen molar-refractivity contribution >= 4 is 22.6 Å². The molecule has 6 unspecified atom stereocenters. The van der Waals surface area contributed by atoms with Crippen LogP contribution in [0.3, 0.4) is 0 Å². The van der Waals surface area contributed by atoms with Crippen molar-refractivity contribution in [1.29, 1.82) is 0 Å². The Kier molecular flexibility index (Phi) is 12.1. The fourth-order valence-electron chi connectivity index (χ4n) is 9.18. The Morgan fingerprint density at radius 2 is 1.76 bits per heavy atom. The van der Waals surface area contributed by atoms with Crippen LogP contribution in [0.15, 0.2) is 95.7 Å². The van der Waals surface area contributed by atoms with Crippen molar-refractivity contribution < 1.29 is 34.8 Å². The molecule has 0 bridgehead atoms. The lowest BCUT2D eigenvalue weighted by atomic mass is 9.55. The summed E-state index contributed by atoms with van der Waals surface area (Å²) >= 11 is 0. The number of aliphatic hydroxyl groups excluding tert-OH is 2. The Balaban J connectivity index is 1.31. The molecule has 1 fully saturated rings. The number of urea groups is 1. The van der Waals surface area contributed by atoms with E-state index in [9.17, 15) is 25.2 Å². The first-order valence-corrected chi connectivity index (χ1v) is 19.9. The first kappa shape index (κ1) is 38.4. The van der Waals surface area contributed by atoms with Crippen molar-refractivity contribution in [2.75, 3.05) is 19.8 Å². The third-order valence-corrected chi connectivity index (χ3v) is 11.6. The molecule has 2 aliphatic carbocycles. The zero-order valence-corrected chi connectivity index (χ0v) is 31.6. The fraction of sp³-hybridized carbons (Fsp3) is 0.455. The summed E-state index contributed by atoms with van der Waals surface area (Å²) in [4.78, 5) is 25.5. The number of benzene rings is 3. The number of aromatic nitrogens is 1. The number of nitrogens with zero attached hydrogens (tertiary/aromatic N) is 2. The first-order chi connectivity index (χ1) is 26.8. The van der Waals surface area contributed by atoms with Crippen LogP contribution in [0.5, 0.6) is 11.5 Å². The van der Waals surface area contributed by atoms with E-state index in [1.807, 2.05) is 67.6 Å². The van der Waals surface area contributed by atoms with Crippen molar-refractivity contribution in [3.8, 4) is 11.5 Å². The summed E-state index contributed by atoms with van der Waals surface area (Å²) in [5, 5.41) is 52.6. The molecule has 292 valence electrons. The van der Waals surface area contributed by atoms with E-state index in [0.29, 0.717) is 37.3 Å². The molecule has 6 N–H and O–H groups in total. The summed E-state index contributed by atoms with van der Waals surface area (Å²) in [6, 6.07) is 23.7. The summed E-state index contributed by atoms with van der Waals surface area (Å²) in [6.07, 6.45) is 7.54. The quantitative estimate of drug-likeness (QED) is 0.0526. The third kappa shape index (κ3) is 8.10. The van der Waals surface area contributed by atoms with E-state index < -0.39 is 17.7 Å². The number of hydrogen-bond donors (Lipinski definition) is 6. The van der Waals surface area contributed by atoms with E-state index >= 15 is 0 Å². The van der Waals surface area contributed by atoms with Gasteiger partial charge in [-0.2, -0.15) is 0 Å². The number of carbonyl (C=O) groups is 1. The van der Waals surface area contributed by atoms with Gasteiger partial charge in [0, 0.05) is 48.9 Å². The van der Waals surface area contributed by atoms with Crippen molar-refractivity contribution in [3.05, 3.63) is 107 Å². The summed E-state index contributed by atoms with van der Waals surface area (Å²) in [6.45, 7) is 3.07. The minimum Gasteiger partial charge on any atom is -0.508 e. The van der Waals surface area contributed by atoms with Crippen LogP contribution >= 0.6 is 0 Å². The largest absolute Gasteiger partial charge is 0.508 e. The Morgan fingerprint density at radius 3 is 2.53 bits per heavy atom. The van der Waals surface area contributed by atoms with E-state index in [1.54, 1.807) is 23.1 Å². The number of rotatable bonds is 16. The normalized spacial score (nSPS) is 24.8. The molecular formula is C44H54N4O7. The molecule has 0 spiro atoms. The van der Waals surface area contributed by atoms with E-state index in [2.05, 4.69) is 16.4 Å². The smallest absolute Gasteiger partial charge is 0.318 e. The van der Waals surface area contributed by atoms with Gasteiger partial charge in [-0.15, -0.1) is 0 Å². The molecule has 0 radical (unpaired) electrons. The van der Waals surface area contributed by atoms with Gasteiger partial charge in [-0.05, 0) is 90.8 Å². The second-order valence-electron chi connectivity index (χ2n) is 15.2. The Bertz CT molecular complexity index is 1950. The molecule has 2 amide bonds. The van der Waals surface area contributed by atoms with Crippen LogP contribution in [-0.4, -0.2) is 73.6 Å². The van der Waals surface area contributed by atoms with Crippen LogP contribution < -0.4 is 10.1 Å². The molecular weight excluding hydrogens is 697 g/mol. The number of H-pyrrole nitrogens is 1. The Labute approximate surface area is 322 Å². The number of nitrogens with one attached hydrogen (secondary N) is 2. The number of aliphatic hydroxyl groups is 3. The van der Waals surface area contributed by atoms with E-state index in [0.717, 1.165) is 59.0 Å². The molecule has 6 atom stereocenters. The number of hydrogen-bond acceptors (Lipinski definition) is 8. The molecule has 3 aromatic carbocycles. The lowest BCUT2D eigenvalue weighted by Crippen LogP contribution is -2.69. The Hall–Kier alpha value is -4.84. The lowest BCUT2D eigenvalue weighted by molar-refractivity contribution is -0.228. The van der Waals surface area contributed by atoms with Crippen molar-refractivity contribution in [3.63, 3.8) is 0 Å². The molecule has 11 nitrogen and oxygen atoms in total. The first-order valence-electron chi connectivity index (χ1n) is 19.9. The number of phenolic OH excluding ortho intramolecular Hbond substituents is 1. The fourth-order valence-corrected chi connectivity index (χ4v) is 9.18. The maximum Gasteiger partial charge on any atom is 0.318 e. The molecule has 3 aliphatic rings. The molecule has 55 heavy (non-hydrogen) atoms. The van der Waals surface area contributed by atoms with Gasteiger partial charge in [0.05, 0.1) is 18.2 Å². The topological polar surface area (TPSA) is 160 Å². The third-order valence-electron chi connectivity index (χ3n) is 11.6. The average Bonchev–Trinajstić information content (AvgIpc) is 3.62. The van der Waals surface area contributed by atoms with Gasteiger partial charge in [0.1, 0.15) is 24.1 Å². The number of aromatic hydroxyl groups is 1. The summed E-state index contributed by atoms with van der Waals surface area (Å²) in [5.41, 5.74) is 5.10. The molecule has 0 saturated heterocycles. The van der Waals surface area contributed by atoms with Crippen molar-refractivity contribution in [1.82, 2.24) is 15.2 Å². The molecule has 11 heteroatoms. The van der Waals surface area contributed by atoms with Gasteiger partial charge in [-0.3, -0.25) is 0 Å². The maximum absolute atomic E-state index is 14.4. The molecule has 7 rings (SSSR count). The van der Waals surface area contributed by atoms with E-state index in [4.69, 9.17) is 14.7 Å². The zero-order chi connectivity index (χ0) is 38.4.